The van der Waals surface area contributed by atoms with Crippen LogP contribution in [0.1, 0.15) is 25.3 Å². The van der Waals surface area contributed by atoms with E-state index < -0.39 is 11.6 Å². The molecule has 0 unspecified atom stereocenters. The molecule has 0 N–H and O–H groups in total. The van der Waals surface area contributed by atoms with Gasteiger partial charge < -0.3 is 4.42 Å². The lowest BCUT2D eigenvalue weighted by Gasteiger charge is -2.19. The van der Waals surface area contributed by atoms with E-state index in [-0.39, 0.29) is 11.5 Å². The molecular weight excluding hydrogens is 286 g/mol. The molecule has 3 nitrogen and oxygen atoms in total. The van der Waals surface area contributed by atoms with Gasteiger partial charge in [-0.2, -0.15) is 0 Å². The summed E-state index contributed by atoms with van der Waals surface area (Å²) in [6.07, 6.45) is 0. The van der Waals surface area contributed by atoms with Crippen molar-refractivity contribution in [2.75, 3.05) is 13.1 Å². The van der Waals surface area contributed by atoms with Gasteiger partial charge in [0.2, 0.25) is 5.89 Å². The number of aromatic nitrogens is 1. The summed E-state index contributed by atoms with van der Waals surface area (Å²) in [5.74, 6) is -0.357. The lowest BCUT2D eigenvalue weighted by Crippen LogP contribution is -2.25. The quantitative estimate of drug-likeness (QED) is 0.744. The van der Waals surface area contributed by atoms with Gasteiger partial charge in [0.1, 0.15) is 17.4 Å². The highest BCUT2D eigenvalue weighted by molar-refractivity contribution is 5.54. The number of halogens is 2. The molecule has 5 heteroatoms. The van der Waals surface area contributed by atoms with Crippen molar-refractivity contribution in [3.63, 3.8) is 0 Å². The first kappa shape index (κ1) is 16.4. The van der Waals surface area contributed by atoms with Gasteiger partial charge >= 0.3 is 0 Å². The second kappa shape index (κ2) is 6.83. The predicted octanol–water partition coefficient (Wildman–Crippen LogP) is 4.33. The molecule has 0 amide bonds. The number of rotatable bonds is 6. The van der Waals surface area contributed by atoms with Crippen LogP contribution in [-0.2, 0) is 6.54 Å². The fourth-order valence-corrected chi connectivity index (χ4v) is 2.22. The number of benzene rings is 1. The number of aryl methyl sites for hydroxylation is 1. The van der Waals surface area contributed by atoms with E-state index in [1.807, 2.05) is 13.8 Å². The van der Waals surface area contributed by atoms with E-state index in [0.717, 1.165) is 42.6 Å². The van der Waals surface area contributed by atoms with Crippen LogP contribution in [0.5, 0.6) is 0 Å². The Hall–Kier alpha value is -2.01. The van der Waals surface area contributed by atoms with Crippen molar-refractivity contribution in [1.29, 1.82) is 0 Å². The van der Waals surface area contributed by atoms with Gasteiger partial charge in [0.15, 0.2) is 0 Å². The summed E-state index contributed by atoms with van der Waals surface area (Å²) >= 11 is 0. The maximum Gasteiger partial charge on any atom is 0.229 e. The molecule has 0 radical (unpaired) electrons. The summed E-state index contributed by atoms with van der Waals surface area (Å²) in [7, 11) is 0. The summed E-state index contributed by atoms with van der Waals surface area (Å²) in [5.41, 5.74) is 1.82. The molecule has 1 aromatic heterocycles. The maximum atomic E-state index is 13.8. The fourth-order valence-electron chi connectivity index (χ4n) is 2.22. The van der Waals surface area contributed by atoms with E-state index in [1.54, 1.807) is 6.92 Å². The summed E-state index contributed by atoms with van der Waals surface area (Å²) in [6, 6.07) is 3.24. The molecular formula is C17H20F2N2O. The first-order valence-electron chi connectivity index (χ1n) is 7.19. The van der Waals surface area contributed by atoms with E-state index in [4.69, 9.17) is 4.42 Å². The molecule has 0 aliphatic rings. The van der Waals surface area contributed by atoms with Crippen molar-refractivity contribution in [2.24, 2.45) is 0 Å². The lowest BCUT2D eigenvalue weighted by atomic mass is 10.2. The van der Waals surface area contributed by atoms with Crippen LogP contribution in [0.25, 0.3) is 11.5 Å². The van der Waals surface area contributed by atoms with Crippen LogP contribution in [0.4, 0.5) is 8.78 Å². The average molecular weight is 306 g/mol. The van der Waals surface area contributed by atoms with Gasteiger partial charge in [0.25, 0.3) is 0 Å². The molecule has 1 heterocycles. The van der Waals surface area contributed by atoms with Gasteiger partial charge in [-0.25, -0.2) is 13.8 Å². The van der Waals surface area contributed by atoms with E-state index in [9.17, 15) is 8.78 Å². The first-order valence-corrected chi connectivity index (χ1v) is 7.19. The summed E-state index contributed by atoms with van der Waals surface area (Å²) in [4.78, 5) is 6.48. The van der Waals surface area contributed by atoms with Gasteiger partial charge in [-0.3, -0.25) is 4.90 Å². The second-order valence-corrected chi connectivity index (χ2v) is 5.41. The highest BCUT2D eigenvalue weighted by atomic mass is 19.1. The van der Waals surface area contributed by atoms with Crippen molar-refractivity contribution in [2.45, 2.75) is 27.3 Å². The minimum absolute atomic E-state index is 0.0392. The minimum Gasteiger partial charge on any atom is -0.441 e. The summed E-state index contributed by atoms with van der Waals surface area (Å²) in [6.45, 7) is 11.9. The summed E-state index contributed by atoms with van der Waals surface area (Å²) < 4.78 is 32.6. The van der Waals surface area contributed by atoms with Crippen LogP contribution in [0.15, 0.2) is 34.8 Å². The third kappa shape index (κ3) is 3.80. The van der Waals surface area contributed by atoms with Crippen LogP contribution < -0.4 is 0 Å². The zero-order chi connectivity index (χ0) is 16.3. The van der Waals surface area contributed by atoms with Crippen LogP contribution in [0.3, 0.4) is 0 Å². The molecule has 0 saturated carbocycles. The molecule has 1 aromatic carbocycles. The maximum absolute atomic E-state index is 13.8. The van der Waals surface area contributed by atoms with Crippen molar-refractivity contribution in [1.82, 2.24) is 9.88 Å². The Morgan fingerprint density at radius 3 is 2.73 bits per heavy atom. The third-order valence-electron chi connectivity index (χ3n) is 3.37. The van der Waals surface area contributed by atoms with E-state index in [0.29, 0.717) is 12.3 Å². The highest BCUT2D eigenvalue weighted by Gasteiger charge is 2.17. The Morgan fingerprint density at radius 2 is 2.09 bits per heavy atom. The molecule has 0 atom stereocenters. The van der Waals surface area contributed by atoms with Gasteiger partial charge in [0.05, 0.1) is 11.3 Å². The molecule has 0 aliphatic carbocycles. The topological polar surface area (TPSA) is 29.3 Å². The smallest absolute Gasteiger partial charge is 0.229 e. The van der Waals surface area contributed by atoms with E-state index in [2.05, 4.69) is 16.5 Å². The predicted molar refractivity (Wildman–Crippen MR) is 82.4 cm³/mol. The van der Waals surface area contributed by atoms with Gasteiger partial charge in [-0.15, -0.1) is 0 Å². The van der Waals surface area contributed by atoms with E-state index >= 15 is 0 Å². The van der Waals surface area contributed by atoms with Crippen molar-refractivity contribution in [3.8, 4) is 11.5 Å². The highest BCUT2D eigenvalue weighted by Crippen LogP contribution is 2.25. The molecule has 0 bridgehead atoms. The molecule has 0 fully saturated rings. The molecule has 118 valence electrons. The van der Waals surface area contributed by atoms with Gasteiger partial charge in [0, 0.05) is 13.1 Å². The number of oxazole rings is 1. The van der Waals surface area contributed by atoms with Crippen LogP contribution in [0, 0.1) is 18.6 Å². The standard InChI is InChI=1S/C17H20F2N2O/c1-5-21(9-11(2)3)10-16-12(4)22-17(20-16)14-8-13(18)6-7-15(14)19/h6-8H,2,5,9-10H2,1,3-4H3. The Labute approximate surface area is 129 Å². The Bertz CT molecular complexity index is 679. The number of hydrogen-bond acceptors (Lipinski definition) is 3. The first-order chi connectivity index (χ1) is 10.4. The molecule has 0 saturated heterocycles. The molecule has 0 aliphatic heterocycles. The van der Waals surface area contributed by atoms with Gasteiger partial charge in [-0.1, -0.05) is 19.1 Å². The minimum atomic E-state index is -0.552. The Balaban J connectivity index is 2.27. The molecule has 0 spiro atoms. The summed E-state index contributed by atoms with van der Waals surface area (Å²) in [5, 5.41) is 0. The number of hydrogen-bond donors (Lipinski definition) is 0. The monoisotopic (exact) mass is 306 g/mol. The van der Waals surface area contributed by atoms with Crippen LogP contribution in [0.2, 0.25) is 0 Å². The Kier molecular flexibility index (Phi) is 5.08. The third-order valence-corrected chi connectivity index (χ3v) is 3.37. The Morgan fingerprint density at radius 1 is 1.36 bits per heavy atom. The zero-order valence-electron chi connectivity index (χ0n) is 13.1. The van der Waals surface area contributed by atoms with Gasteiger partial charge in [-0.05, 0) is 38.6 Å². The molecule has 22 heavy (non-hydrogen) atoms. The number of likely N-dealkylation sites (N-methyl/N-ethyl adjacent to an activating group) is 1. The fraction of sp³-hybridized carbons (Fsp3) is 0.353. The molecule has 2 rings (SSSR count). The lowest BCUT2D eigenvalue weighted by molar-refractivity contribution is 0.299. The average Bonchev–Trinajstić information content (AvgIpc) is 2.81. The van der Waals surface area contributed by atoms with Crippen molar-refractivity contribution < 1.29 is 13.2 Å². The van der Waals surface area contributed by atoms with Crippen molar-refractivity contribution >= 4 is 0 Å². The van der Waals surface area contributed by atoms with Crippen LogP contribution in [-0.4, -0.2) is 23.0 Å². The zero-order valence-corrected chi connectivity index (χ0v) is 13.1. The SMILES string of the molecule is C=C(C)CN(CC)Cc1nc(-c2cc(F)ccc2F)oc1C. The number of nitrogens with zero attached hydrogens (tertiary/aromatic N) is 2. The van der Waals surface area contributed by atoms with Crippen LogP contribution >= 0.6 is 0 Å². The largest absolute Gasteiger partial charge is 0.441 e. The normalized spacial score (nSPS) is 11.2. The van der Waals surface area contributed by atoms with Crippen molar-refractivity contribution in [3.05, 3.63) is 53.4 Å². The van der Waals surface area contributed by atoms with E-state index in [1.165, 1.54) is 0 Å². The molecule has 2 aromatic rings. The second-order valence-electron chi connectivity index (χ2n) is 5.41.